The third-order valence-electron chi connectivity index (χ3n) is 4.07. The minimum atomic E-state index is -1.01. The first-order valence-corrected chi connectivity index (χ1v) is 6.94. The Bertz CT molecular complexity index is 666. The Morgan fingerprint density at radius 1 is 1.00 bits per heavy atom. The molecule has 2 aromatic rings. The van der Waals surface area contributed by atoms with Crippen LogP contribution >= 0.6 is 0 Å². The predicted molar refractivity (Wildman–Crippen MR) is 75.8 cm³/mol. The third-order valence-corrected chi connectivity index (χ3v) is 4.07. The molecule has 0 aromatic heterocycles. The van der Waals surface area contributed by atoms with Crippen LogP contribution in [0, 0.1) is 11.6 Å². The summed E-state index contributed by atoms with van der Waals surface area (Å²) in [6.07, 6.45) is 2.74. The minimum Gasteiger partial charge on any atom is -0.343 e. The SMILES string of the molecule is O=C(NC1(c2ccccc2)CCC1)c1ccc(F)c(F)c1. The molecule has 1 amide bonds. The van der Waals surface area contributed by atoms with Gasteiger partial charge < -0.3 is 5.32 Å². The highest BCUT2D eigenvalue weighted by molar-refractivity contribution is 5.94. The van der Waals surface area contributed by atoms with Crippen molar-refractivity contribution < 1.29 is 13.6 Å². The van der Waals surface area contributed by atoms with Crippen molar-refractivity contribution in [1.82, 2.24) is 5.32 Å². The van der Waals surface area contributed by atoms with Crippen molar-refractivity contribution in [2.75, 3.05) is 0 Å². The zero-order valence-corrected chi connectivity index (χ0v) is 11.4. The summed E-state index contributed by atoms with van der Waals surface area (Å²) in [6.45, 7) is 0. The first kappa shape index (κ1) is 13.7. The number of carbonyl (C=O) groups is 1. The Hall–Kier alpha value is -2.23. The predicted octanol–water partition coefficient (Wildman–Crippen LogP) is 3.77. The smallest absolute Gasteiger partial charge is 0.252 e. The van der Waals surface area contributed by atoms with Crippen molar-refractivity contribution in [2.24, 2.45) is 0 Å². The van der Waals surface area contributed by atoms with Crippen molar-refractivity contribution in [2.45, 2.75) is 24.8 Å². The number of halogens is 2. The molecule has 0 atom stereocenters. The number of rotatable bonds is 3. The van der Waals surface area contributed by atoms with E-state index in [1.165, 1.54) is 6.07 Å². The van der Waals surface area contributed by atoms with E-state index < -0.39 is 11.6 Å². The molecule has 0 unspecified atom stereocenters. The molecular formula is C17H15F2NO. The van der Waals surface area contributed by atoms with E-state index in [9.17, 15) is 13.6 Å². The standard InChI is InChI=1S/C17H15F2NO/c18-14-8-7-12(11-15(14)19)16(21)20-17(9-4-10-17)13-5-2-1-3-6-13/h1-3,5-8,11H,4,9-10H2,(H,20,21). The first-order valence-electron chi connectivity index (χ1n) is 6.94. The molecule has 1 aliphatic rings. The monoisotopic (exact) mass is 287 g/mol. The second-order valence-electron chi connectivity index (χ2n) is 5.38. The van der Waals surface area contributed by atoms with Crippen molar-refractivity contribution in [3.63, 3.8) is 0 Å². The maximum absolute atomic E-state index is 13.2. The number of benzene rings is 2. The fourth-order valence-corrected chi connectivity index (χ4v) is 2.70. The average molecular weight is 287 g/mol. The highest BCUT2D eigenvalue weighted by atomic mass is 19.2. The van der Waals surface area contributed by atoms with Gasteiger partial charge in [-0.2, -0.15) is 0 Å². The summed E-state index contributed by atoms with van der Waals surface area (Å²) in [6, 6.07) is 12.9. The third kappa shape index (κ3) is 2.53. The zero-order valence-electron chi connectivity index (χ0n) is 11.4. The van der Waals surface area contributed by atoms with Gasteiger partial charge in [0.15, 0.2) is 11.6 Å². The van der Waals surface area contributed by atoms with Gasteiger partial charge in [0.05, 0.1) is 5.54 Å². The van der Waals surface area contributed by atoms with E-state index in [1.54, 1.807) is 0 Å². The fourth-order valence-electron chi connectivity index (χ4n) is 2.70. The molecule has 0 heterocycles. The molecule has 0 saturated heterocycles. The van der Waals surface area contributed by atoms with Crippen molar-refractivity contribution in [3.8, 4) is 0 Å². The number of nitrogens with one attached hydrogen (secondary N) is 1. The van der Waals surface area contributed by atoms with Crippen LogP contribution in [0.2, 0.25) is 0 Å². The van der Waals surface area contributed by atoms with Gasteiger partial charge in [0.2, 0.25) is 0 Å². The Morgan fingerprint density at radius 3 is 2.29 bits per heavy atom. The lowest BCUT2D eigenvalue weighted by molar-refractivity contribution is 0.0823. The van der Waals surface area contributed by atoms with Gasteiger partial charge in [0.1, 0.15) is 0 Å². The van der Waals surface area contributed by atoms with Crippen LogP contribution in [0.4, 0.5) is 8.78 Å². The van der Waals surface area contributed by atoms with Crippen LogP contribution < -0.4 is 5.32 Å². The normalized spacial score (nSPS) is 16.1. The van der Waals surface area contributed by atoms with E-state index in [4.69, 9.17) is 0 Å². The van der Waals surface area contributed by atoms with Crippen LogP contribution in [0.5, 0.6) is 0 Å². The van der Waals surface area contributed by atoms with Crippen molar-refractivity contribution in [1.29, 1.82) is 0 Å². The van der Waals surface area contributed by atoms with E-state index in [0.29, 0.717) is 0 Å². The van der Waals surface area contributed by atoms with Crippen LogP contribution in [0.3, 0.4) is 0 Å². The molecule has 1 N–H and O–H groups in total. The number of carbonyl (C=O) groups excluding carboxylic acids is 1. The Morgan fingerprint density at radius 2 is 1.71 bits per heavy atom. The summed E-state index contributed by atoms with van der Waals surface area (Å²) in [5.74, 6) is -2.34. The number of hydrogen-bond donors (Lipinski definition) is 1. The minimum absolute atomic E-state index is 0.135. The topological polar surface area (TPSA) is 29.1 Å². The number of amides is 1. The Balaban J connectivity index is 1.84. The van der Waals surface area contributed by atoms with E-state index in [1.807, 2.05) is 30.3 Å². The van der Waals surface area contributed by atoms with Gasteiger partial charge in [0, 0.05) is 5.56 Å². The maximum atomic E-state index is 13.2. The van der Waals surface area contributed by atoms with Crippen LogP contribution in [-0.4, -0.2) is 5.91 Å². The van der Waals surface area contributed by atoms with Gasteiger partial charge in [-0.05, 0) is 43.0 Å². The molecule has 0 radical (unpaired) electrons. The molecule has 1 saturated carbocycles. The van der Waals surface area contributed by atoms with Gasteiger partial charge >= 0.3 is 0 Å². The lowest BCUT2D eigenvalue weighted by atomic mass is 9.71. The lowest BCUT2D eigenvalue weighted by Crippen LogP contribution is -2.50. The van der Waals surface area contributed by atoms with Crippen molar-refractivity contribution in [3.05, 3.63) is 71.3 Å². The van der Waals surface area contributed by atoms with E-state index in [0.717, 1.165) is 37.0 Å². The van der Waals surface area contributed by atoms with Crippen LogP contribution in [0.25, 0.3) is 0 Å². The fraction of sp³-hybridized carbons (Fsp3) is 0.235. The Kier molecular flexibility index (Phi) is 3.45. The van der Waals surface area contributed by atoms with Gasteiger partial charge in [-0.15, -0.1) is 0 Å². The van der Waals surface area contributed by atoms with Gasteiger partial charge in [-0.1, -0.05) is 30.3 Å². The van der Waals surface area contributed by atoms with Crippen LogP contribution in [0.1, 0.15) is 35.2 Å². The number of hydrogen-bond acceptors (Lipinski definition) is 1. The molecule has 1 aliphatic carbocycles. The molecule has 4 heteroatoms. The van der Waals surface area contributed by atoms with Crippen LogP contribution in [0.15, 0.2) is 48.5 Å². The summed E-state index contributed by atoms with van der Waals surface area (Å²) in [5.41, 5.74) is 0.798. The first-order chi connectivity index (χ1) is 10.1. The average Bonchev–Trinajstić information content (AvgIpc) is 2.46. The van der Waals surface area contributed by atoms with E-state index in [-0.39, 0.29) is 17.0 Å². The maximum Gasteiger partial charge on any atom is 0.252 e. The highest BCUT2D eigenvalue weighted by Gasteiger charge is 2.40. The summed E-state index contributed by atoms with van der Waals surface area (Å²) >= 11 is 0. The van der Waals surface area contributed by atoms with Gasteiger partial charge in [-0.25, -0.2) is 8.78 Å². The van der Waals surface area contributed by atoms with Crippen LogP contribution in [-0.2, 0) is 5.54 Å². The molecular weight excluding hydrogens is 272 g/mol. The molecule has 0 bridgehead atoms. The van der Waals surface area contributed by atoms with Gasteiger partial charge in [0.25, 0.3) is 5.91 Å². The van der Waals surface area contributed by atoms with E-state index >= 15 is 0 Å². The largest absolute Gasteiger partial charge is 0.343 e. The molecule has 3 rings (SSSR count). The molecule has 108 valence electrons. The molecule has 2 nitrogen and oxygen atoms in total. The molecule has 1 fully saturated rings. The second-order valence-corrected chi connectivity index (χ2v) is 5.38. The quantitative estimate of drug-likeness (QED) is 0.914. The Labute approximate surface area is 121 Å². The van der Waals surface area contributed by atoms with Crippen molar-refractivity contribution >= 4 is 5.91 Å². The second kappa shape index (κ2) is 5.28. The summed E-state index contributed by atoms with van der Waals surface area (Å²) in [4.78, 5) is 12.3. The summed E-state index contributed by atoms with van der Waals surface area (Å²) in [7, 11) is 0. The highest BCUT2D eigenvalue weighted by Crippen LogP contribution is 2.41. The summed E-state index contributed by atoms with van der Waals surface area (Å²) < 4.78 is 26.2. The molecule has 21 heavy (non-hydrogen) atoms. The summed E-state index contributed by atoms with van der Waals surface area (Å²) in [5, 5.41) is 2.98. The molecule has 0 aliphatic heterocycles. The zero-order chi connectivity index (χ0) is 14.9. The van der Waals surface area contributed by atoms with Gasteiger partial charge in [-0.3, -0.25) is 4.79 Å². The lowest BCUT2D eigenvalue weighted by Gasteiger charge is -2.43. The van der Waals surface area contributed by atoms with E-state index in [2.05, 4.69) is 5.32 Å². The molecule has 0 spiro atoms. The molecule has 2 aromatic carbocycles.